The predicted molar refractivity (Wildman–Crippen MR) is 107 cm³/mol. The smallest absolute Gasteiger partial charge is 0.316 e. The molecule has 164 valence electrons. The number of carbonyl (C=O) groups is 1. The van der Waals surface area contributed by atoms with Crippen LogP contribution in [0, 0.1) is 10.1 Å². The highest BCUT2D eigenvalue weighted by molar-refractivity contribution is 5.89. The Morgan fingerprint density at radius 3 is 2.74 bits per heavy atom. The first-order chi connectivity index (χ1) is 15.0. The van der Waals surface area contributed by atoms with Gasteiger partial charge in [-0.3, -0.25) is 19.6 Å². The zero-order valence-electron chi connectivity index (χ0n) is 17.1. The van der Waals surface area contributed by atoms with Crippen molar-refractivity contribution in [1.82, 2.24) is 25.2 Å². The molecule has 2 heterocycles. The van der Waals surface area contributed by atoms with Crippen molar-refractivity contribution in [3.8, 4) is 11.5 Å². The number of hydrogen-bond donors (Lipinski definition) is 1. The summed E-state index contributed by atoms with van der Waals surface area (Å²) in [6.07, 6.45) is 2.92. The Labute approximate surface area is 177 Å². The number of hydrogen-bond acceptors (Lipinski definition) is 9. The number of amides is 1. The van der Waals surface area contributed by atoms with E-state index in [1.165, 1.54) is 10.9 Å². The van der Waals surface area contributed by atoms with Crippen LogP contribution in [0.1, 0.15) is 35.9 Å². The number of nitrogens with zero attached hydrogens (tertiary/aromatic N) is 5. The van der Waals surface area contributed by atoms with E-state index in [1.54, 1.807) is 0 Å². The van der Waals surface area contributed by atoms with E-state index >= 15 is 0 Å². The fraction of sp³-hybridized carbons (Fsp3) is 0.368. The van der Waals surface area contributed by atoms with Gasteiger partial charge in [-0.1, -0.05) is 11.2 Å². The maximum Gasteiger partial charge on any atom is 0.316 e. The fourth-order valence-corrected chi connectivity index (χ4v) is 2.74. The topological polar surface area (TPSA) is 147 Å². The highest BCUT2D eigenvalue weighted by Gasteiger charge is 2.16. The molecule has 31 heavy (non-hydrogen) atoms. The van der Waals surface area contributed by atoms with Crippen LogP contribution in [-0.2, 0) is 13.0 Å². The lowest BCUT2D eigenvalue weighted by atomic mass is 10.1. The summed E-state index contributed by atoms with van der Waals surface area (Å²) in [4.78, 5) is 26.4. The summed E-state index contributed by atoms with van der Waals surface area (Å²) in [5.74, 6) is 0.808. The third-order valence-electron chi connectivity index (χ3n) is 4.10. The van der Waals surface area contributed by atoms with E-state index in [-0.39, 0.29) is 23.9 Å². The molecule has 0 saturated heterocycles. The SMILES string of the molecule is CCOc1ccc(CCNC(=O)c2nc(Cn3cc([N+](=O)[O-])cn3)no2)cc1OCC. The van der Waals surface area contributed by atoms with Crippen LogP contribution in [0.25, 0.3) is 0 Å². The number of benzene rings is 1. The summed E-state index contributed by atoms with van der Waals surface area (Å²) in [5.41, 5.74) is 0.821. The van der Waals surface area contributed by atoms with Crippen molar-refractivity contribution in [2.24, 2.45) is 0 Å². The monoisotopic (exact) mass is 430 g/mol. The molecule has 0 aliphatic carbocycles. The quantitative estimate of drug-likeness (QED) is 0.356. The average molecular weight is 430 g/mol. The van der Waals surface area contributed by atoms with Crippen LogP contribution in [0.3, 0.4) is 0 Å². The van der Waals surface area contributed by atoms with Crippen molar-refractivity contribution in [2.75, 3.05) is 19.8 Å². The molecule has 0 saturated carbocycles. The lowest BCUT2D eigenvalue weighted by Crippen LogP contribution is -2.26. The van der Waals surface area contributed by atoms with Gasteiger partial charge in [0.1, 0.15) is 18.9 Å². The van der Waals surface area contributed by atoms with Gasteiger partial charge in [-0.2, -0.15) is 10.1 Å². The molecule has 0 aliphatic heterocycles. The molecule has 2 aromatic heterocycles. The Hall–Kier alpha value is -3.96. The molecule has 12 heteroatoms. The molecule has 0 radical (unpaired) electrons. The Balaban J connectivity index is 1.53. The van der Waals surface area contributed by atoms with Crippen LogP contribution in [-0.4, -0.2) is 50.5 Å². The molecule has 1 N–H and O–H groups in total. The number of nitro groups is 1. The highest BCUT2D eigenvalue weighted by atomic mass is 16.6. The molecule has 12 nitrogen and oxygen atoms in total. The predicted octanol–water partition coefficient (Wildman–Crippen LogP) is 1.99. The van der Waals surface area contributed by atoms with Gasteiger partial charge in [-0.25, -0.2) is 0 Å². The van der Waals surface area contributed by atoms with E-state index in [1.807, 2.05) is 32.0 Å². The summed E-state index contributed by atoms with van der Waals surface area (Å²) in [7, 11) is 0. The molecule has 0 fully saturated rings. The van der Waals surface area contributed by atoms with Crippen molar-refractivity contribution < 1.29 is 23.7 Å². The Bertz CT molecular complexity index is 1050. The molecule has 1 aromatic carbocycles. The molecule has 3 aromatic rings. The molecule has 1 amide bonds. The largest absolute Gasteiger partial charge is 0.490 e. The first-order valence-electron chi connectivity index (χ1n) is 9.66. The first kappa shape index (κ1) is 21.7. The van der Waals surface area contributed by atoms with Crippen molar-refractivity contribution in [3.63, 3.8) is 0 Å². The highest BCUT2D eigenvalue weighted by Crippen LogP contribution is 2.28. The number of ether oxygens (including phenoxy) is 2. The Kier molecular flexibility index (Phi) is 7.14. The minimum absolute atomic E-state index is 0.0387. The van der Waals surface area contributed by atoms with Crippen LogP contribution in [0.4, 0.5) is 5.69 Å². The molecule has 0 bridgehead atoms. The van der Waals surface area contributed by atoms with Crippen molar-refractivity contribution in [3.05, 3.63) is 58.0 Å². The summed E-state index contributed by atoms with van der Waals surface area (Å²) >= 11 is 0. The van der Waals surface area contributed by atoms with E-state index in [9.17, 15) is 14.9 Å². The van der Waals surface area contributed by atoms with Gasteiger partial charge < -0.3 is 19.3 Å². The van der Waals surface area contributed by atoms with Crippen LogP contribution in [0.15, 0.2) is 35.1 Å². The van der Waals surface area contributed by atoms with Gasteiger partial charge >= 0.3 is 17.5 Å². The lowest BCUT2D eigenvalue weighted by Gasteiger charge is -2.12. The molecule has 0 spiro atoms. The van der Waals surface area contributed by atoms with Gasteiger partial charge in [-0.15, -0.1) is 0 Å². The van der Waals surface area contributed by atoms with Crippen molar-refractivity contribution in [2.45, 2.75) is 26.8 Å². The zero-order chi connectivity index (χ0) is 22.2. The number of aromatic nitrogens is 4. The lowest BCUT2D eigenvalue weighted by molar-refractivity contribution is -0.385. The maximum atomic E-state index is 12.2. The average Bonchev–Trinajstić information content (AvgIpc) is 3.40. The van der Waals surface area contributed by atoms with Gasteiger partial charge in [0, 0.05) is 6.54 Å². The third kappa shape index (κ3) is 5.78. The van der Waals surface area contributed by atoms with Crippen LogP contribution in [0.5, 0.6) is 11.5 Å². The standard InChI is InChI=1S/C19H22N6O6/c1-3-29-15-6-5-13(9-16(15)30-4-2)7-8-20-18(26)19-22-17(23-31-19)12-24-11-14(10-21-24)25(27)28/h5-6,9-11H,3-4,7-8,12H2,1-2H3,(H,20,26). The zero-order valence-corrected chi connectivity index (χ0v) is 17.1. The van der Waals surface area contributed by atoms with Gasteiger partial charge in [0.25, 0.3) is 0 Å². The molecule has 3 rings (SSSR count). The minimum atomic E-state index is -0.555. The maximum absolute atomic E-state index is 12.2. The Morgan fingerprint density at radius 1 is 1.26 bits per heavy atom. The summed E-state index contributed by atoms with van der Waals surface area (Å²) in [5, 5.41) is 21.0. The normalized spacial score (nSPS) is 10.6. The van der Waals surface area contributed by atoms with Crippen molar-refractivity contribution in [1.29, 1.82) is 0 Å². The number of carbonyl (C=O) groups excluding carboxylic acids is 1. The molecule has 0 aliphatic rings. The summed E-state index contributed by atoms with van der Waals surface area (Å²) in [6, 6.07) is 5.64. The van der Waals surface area contributed by atoms with E-state index < -0.39 is 10.8 Å². The molecular formula is C19H22N6O6. The Morgan fingerprint density at radius 2 is 2.03 bits per heavy atom. The van der Waals surface area contributed by atoms with Crippen LogP contribution < -0.4 is 14.8 Å². The van der Waals surface area contributed by atoms with Gasteiger partial charge in [-0.05, 0) is 38.0 Å². The van der Waals surface area contributed by atoms with E-state index in [0.29, 0.717) is 37.7 Å². The van der Waals surface area contributed by atoms with E-state index in [0.717, 1.165) is 11.8 Å². The van der Waals surface area contributed by atoms with Crippen LogP contribution in [0.2, 0.25) is 0 Å². The molecule has 0 unspecified atom stereocenters. The van der Waals surface area contributed by atoms with Crippen molar-refractivity contribution >= 4 is 11.6 Å². The summed E-state index contributed by atoms with van der Waals surface area (Å²) < 4.78 is 17.4. The van der Waals surface area contributed by atoms with Gasteiger partial charge in [0.05, 0.1) is 18.1 Å². The van der Waals surface area contributed by atoms with Gasteiger partial charge in [0.15, 0.2) is 17.3 Å². The van der Waals surface area contributed by atoms with E-state index in [2.05, 4.69) is 20.6 Å². The van der Waals surface area contributed by atoms with Crippen LogP contribution >= 0.6 is 0 Å². The second kappa shape index (κ2) is 10.2. The third-order valence-corrected chi connectivity index (χ3v) is 4.10. The van der Waals surface area contributed by atoms with Gasteiger partial charge in [0.2, 0.25) is 0 Å². The molecular weight excluding hydrogens is 408 g/mol. The van der Waals surface area contributed by atoms with E-state index in [4.69, 9.17) is 14.0 Å². The number of nitrogens with one attached hydrogen (secondary N) is 1. The second-order valence-corrected chi connectivity index (χ2v) is 6.32. The second-order valence-electron chi connectivity index (χ2n) is 6.32. The summed E-state index contributed by atoms with van der Waals surface area (Å²) in [6.45, 7) is 5.25. The minimum Gasteiger partial charge on any atom is -0.490 e. The number of rotatable bonds is 11. The fourth-order valence-electron chi connectivity index (χ4n) is 2.74. The molecule has 0 atom stereocenters. The first-order valence-corrected chi connectivity index (χ1v) is 9.66.